The average molecular weight is 278 g/mol. The summed E-state index contributed by atoms with van der Waals surface area (Å²) in [6.07, 6.45) is -1.41. The van der Waals surface area contributed by atoms with Gasteiger partial charge < -0.3 is 15.2 Å². The van der Waals surface area contributed by atoms with Crippen LogP contribution in [0.5, 0.6) is 5.75 Å². The zero-order valence-electron chi connectivity index (χ0n) is 11.8. The van der Waals surface area contributed by atoms with Crippen LogP contribution in [-0.4, -0.2) is 30.3 Å². The molecule has 1 aliphatic heterocycles. The molecule has 1 aromatic rings. The van der Waals surface area contributed by atoms with Crippen molar-refractivity contribution in [2.24, 2.45) is 5.73 Å². The molecule has 2 rings (SSSR count). The lowest BCUT2D eigenvalue weighted by Gasteiger charge is -2.34. The Morgan fingerprint density at radius 1 is 1.35 bits per heavy atom. The number of hydrogen-bond donors (Lipinski definition) is 1. The second-order valence-electron chi connectivity index (χ2n) is 5.57. The highest BCUT2D eigenvalue weighted by atomic mass is 16.6. The molecule has 1 aromatic carbocycles. The lowest BCUT2D eigenvalue weighted by atomic mass is 10.2. The van der Waals surface area contributed by atoms with E-state index >= 15 is 0 Å². The fourth-order valence-corrected chi connectivity index (χ4v) is 1.87. The third-order valence-electron chi connectivity index (χ3n) is 2.70. The Bertz CT molecular complexity index is 536. The monoisotopic (exact) mass is 278 g/mol. The van der Waals surface area contributed by atoms with Crippen molar-refractivity contribution >= 4 is 17.7 Å². The van der Waals surface area contributed by atoms with Crippen LogP contribution in [0.15, 0.2) is 24.3 Å². The van der Waals surface area contributed by atoms with Crippen LogP contribution in [0, 0.1) is 0 Å². The number of anilines is 1. The minimum atomic E-state index is -0.877. The summed E-state index contributed by atoms with van der Waals surface area (Å²) >= 11 is 0. The van der Waals surface area contributed by atoms with Gasteiger partial charge in [-0.25, -0.2) is 4.79 Å². The number of ether oxygens (including phenoxy) is 2. The van der Waals surface area contributed by atoms with E-state index in [1.165, 1.54) is 4.90 Å². The molecule has 0 spiro atoms. The molecule has 6 heteroatoms. The summed E-state index contributed by atoms with van der Waals surface area (Å²) in [6, 6.07) is 6.96. The first-order valence-electron chi connectivity index (χ1n) is 6.33. The predicted octanol–water partition coefficient (Wildman–Crippen LogP) is 1.67. The van der Waals surface area contributed by atoms with Crippen molar-refractivity contribution in [3.05, 3.63) is 24.3 Å². The van der Waals surface area contributed by atoms with Gasteiger partial charge in [0.1, 0.15) is 11.4 Å². The maximum absolute atomic E-state index is 12.2. The molecule has 0 saturated heterocycles. The van der Waals surface area contributed by atoms with Crippen molar-refractivity contribution in [3.8, 4) is 5.75 Å². The van der Waals surface area contributed by atoms with Crippen LogP contribution in [0.3, 0.4) is 0 Å². The Morgan fingerprint density at radius 3 is 2.60 bits per heavy atom. The zero-order valence-corrected chi connectivity index (χ0v) is 11.8. The van der Waals surface area contributed by atoms with Crippen LogP contribution in [0.2, 0.25) is 0 Å². The molecular formula is C14H18N2O4. The molecule has 20 heavy (non-hydrogen) atoms. The van der Waals surface area contributed by atoms with E-state index in [2.05, 4.69) is 0 Å². The number of nitrogens with zero attached hydrogens (tertiary/aromatic N) is 1. The standard InChI is InChI=1S/C14H18N2O4/c1-14(2,3)20-13(18)16-8-11(12(15)17)19-10-7-5-4-6-9(10)16/h4-7,11H,8H2,1-3H3,(H2,15,17). The zero-order chi connectivity index (χ0) is 14.9. The SMILES string of the molecule is CC(C)(C)OC(=O)N1CC(C(N)=O)Oc2ccccc21. The first-order valence-corrected chi connectivity index (χ1v) is 6.33. The highest BCUT2D eigenvalue weighted by Crippen LogP contribution is 2.33. The summed E-state index contributed by atoms with van der Waals surface area (Å²) in [5.41, 5.74) is 5.22. The summed E-state index contributed by atoms with van der Waals surface area (Å²) in [7, 11) is 0. The molecular weight excluding hydrogens is 260 g/mol. The van der Waals surface area contributed by atoms with E-state index in [9.17, 15) is 9.59 Å². The molecule has 0 bridgehead atoms. The maximum Gasteiger partial charge on any atom is 0.415 e. The van der Waals surface area contributed by atoms with Gasteiger partial charge in [0.2, 0.25) is 0 Å². The lowest BCUT2D eigenvalue weighted by Crippen LogP contribution is -2.50. The van der Waals surface area contributed by atoms with Crippen molar-refractivity contribution in [1.82, 2.24) is 0 Å². The number of para-hydroxylation sites is 2. The first kappa shape index (κ1) is 14.2. The number of amides is 2. The Morgan fingerprint density at radius 2 is 2.00 bits per heavy atom. The number of benzene rings is 1. The van der Waals surface area contributed by atoms with E-state index < -0.39 is 23.7 Å². The molecule has 2 amide bonds. The number of hydrogen-bond acceptors (Lipinski definition) is 4. The molecule has 1 heterocycles. The molecule has 2 N–H and O–H groups in total. The van der Waals surface area contributed by atoms with Gasteiger partial charge in [0, 0.05) is 0 Å². The third-order valence-corrected chi connectivity index (χ3v) is 2.70. The fraction of sp³-hybridized carbons (Fsp3) is 0.429. The van der Waals surface area contributed by atoms with Gasteiger partial charge in [-0.05, 0) is 32.9 Å². The Labute approximate surface area is 117 Å². The quantitative estimate of drug-likeness (QED) is 0.847. The summed E-state index contributed by atoms with van der Waals surface area (Å²) in [6.45, 7) is 5.38. The molecule has 108 valence electrons. The highest BCUT2D eigenvalue weighted by Gasteiger charge is 2.34. The van der Waals surface area contributed by atoms with Crippen molar-refractivity contribution in [3.63, 3.8) is 0 Å². The topological polar surface area (TPSA) is 81.9 Å². The van der Waals surface area contributed by atoms with Gasteiger partial charge in [0.15, 0.2) is 6.10 Å². The van der Waals surface area contributed by atoms with E-state index in [-0.39, 0.29) is 6.54 Å². The first-order chi connectivity index (χ1) is 9.28. The van der Waals surface area contributed by atoms with E-state index in [1.807, 2.05) is 0 Å². The molecule has 1 unspecified atom stereocenters. The number of nitrogens with two attached hydrogens (primary N) is 1. The number of carbonyl (C=O) groups excluding carboxylic acids is 2. The minimum Gasteiger partial charge on any atom is -0.477 e. The number of primary amides is 1. The van der Waals surface area contributed by atoms with Crippen LogP contribution < -0.4 is 15.4 Å². The van der Waals surface area contributed by atoms with Crippen LogP contribution in [0.1, 0.15) is 20.8 Å². The molecule has 6 nitrogen and oxygen atoms in total. The van der Waals surface area contributed by atoms with Gasteiger partial charge in [-0.2, -0.15) is 0 Å². The Hall–Kier alpha value is -2.24. The Balaban J connectivity index is 2.31. The number of rotatable bonds is 1. The van der Waals surface area contributed by atoms with Gasteiger partial charge in [-0.1, -0.05) is 12.1 Å². The second kappa shape index (κ2) is 5.03. The van der Waals surface area contributed by atoms with Crippen LogP contribution in [0.4, 0.5) is 10.5 Å². The highest BCUT2D eigenvalue weighted by molar-refractivity contribution is 5.93. The summed E-state index contributed by atoms with van der Waals surface area (Å²) < 4.78 is 10.8. The van der Waals surface area contributed by atoms with Crippen LogP contribution in [-0.2, 0) is 9.53 Å². The van der Waals surface area contributed by atoms with E-state index in [0.717, 1.165) is 0 Å². The predicted molar refractivity (Wildman–Crippen MR) is 73.6 cm³/mol. The van der Waals surface area contributed by atoms with Gasteiger partial charge in [0.05, 0.1) is 12.2 Å². The van der Waals surface area contributed by atoms with Crippen molar-refractivity contribution < 1.29 is 19.1 Å². The molecule has 0 fully saturated rings. The largest absolute Gasteiger partial charge is 0.477 e. The summed E-state index contributed by atoms with van der Waals surface area (Å²) in [5, 5.41) is 0. The number of fused-ring (bicyclic) bond motifs is 1. The Kier molecular flexibility index (Phi) is 3.57. The molecule has 1 aliphatic rings. The molecule has 0 aliphatic carbocycles. The average Bonchev–Trinajstić information content (AvgIpc) is 2.35. The summed E-state index contributed by atoms with van der Waals surface area (Å²) in [5.74, 6) is -0.179. The van der Waals surface area contributed by atoms with Gasteiger partial charge in [0.25, 0.3) is 5.91 Å². The fourth-order valence-electron chi connectivity index (χ4n) is 1.87. The lowest BCUT2D eigenvalue weighted by molar-refractivity contribution is -0.124. The smallest absolute Gasteiger partial charge is 0.415 e. The molecule has 0 aromatic heterocycles. The van der Waals surface area contributed by atoms with Crippen molar-refractivity contribution in [2.45, 2.75) is 32.5 Å². The van der Waals surface area contributed by atoms with Crippen molar-refractivity contribution in [2.75, 3.05) is 11.4 Å². The van der Waals surface area contributed by atoms with Gasteiger partial charge >= 0.3 is 6.09 Å². The van der Waals surface area contributed by atoms with Crippen LogP contribution in [0.25, 0.3) is 0 Å². The van der Waals surface area contributed by atoms with E-state index in [0.29, 0.717) is 11.4 Å². The molecule has 0 radical (unpaired) electrons. The van der Waals surface area contributed by atoms with E-state index in [4.69, 9.17) is 15.2 Å². The molecule has 1 atom stereocenters. The normalized spacial score (nSPS) is 17.9. The minimum absolute atomic E-state index is 0.0429. The van der Waals surface area contributed by atoms with Crippen LogP contribution >= 0.6 is 0 Å². The maximum atomic E-state index is 12.2. The van der Waals surface area contributed by atoms with Gasteiger partial charge in [-0.15, -0.1) is 0 Å². The third kappa shape index (κ3) is 3.01. The van der Waals surface area contributed by atoms with Crippen molar-refractivity contribution in [1.29, 1.82) is 0 Å². The second-order valence-corrected chi connectivity index (χ2v) is 5.57. The van der Waals surface area contributed by atoms with E-state index in [1.54, 1.807) is 45.0 Å². The van der Waals surface area contributed by atoms with Gasteiger partial charge in [-0.3, -0.25) is 9.69 Å². The molecule has 0 saturated carbocycles. The number of carbonyl (C=O) groups is 2. The summed E-state index contributed by atoms with van der Waals surface area (Å²) in [4.78, 5) is 25.0.